The standard InChI is InChI=1S/C33H36F2N4O2/c1-38-8-10-39(11-9-38)29-4-5-30(26(19-29)15-22-6-12-41-13-7-22)33(40)37-32-31-18-23(2-3-25(31)21-36-32)14-24-16-27(34)20-28(35)17-24/h2-5,16-20,22H,6-15,21H2,1H3,(H,36,37,40)/i4D,8D2,9D2,10D2,11D2,12D2,13D2,14D2,19D. The van der Waals surface area contributed by atoms with Crippen molar-refractivity contribution in [3.8, 4) is 0 Å². The molecule has 0 aliphatic carbocycles. The number of piperazine rings is 1. The molecular formula is C33H36F2N4O2. The second-order valence-electron chi connectivity index (χ2n) is 9.64. The number of benzene rings is 3. The van der Waals surface area contributed by atoms with Gasteiger partial charge in [0.25, 0.3) is 5.91 Å². The van der Waals surface area contributed by atoms with Crippen LogP contribution in [0.2, 0.25) is 0 Å². The Balaban J connectivity index is 1.45. The highest BCUT2D eigenvalue weighted by molar-refractivity contribution is 6.14. The van der Waals surface area contributed by atoms with E-state index in [4.69, 9.17) is 25.3 Å². The average molecular weight is 575 g/mol. The van der Waals surface area contributed by atoms with Gasteiger partial charge in [0.05, 0.1) is 20.3 Å². The molecule has 3 heterocycles. The number of ether oxygens (including phenoxy) is 1. The molecule has 0 unspecified atom stereocenters. The molecule has 3 aromatic carbocycles. The summed E-state index contributed by atoms with van der Waals surface area (Å²) in [5.74, 6) is -4.17. The van der Waals surface area contributed by atoms with Gasteiger partial charge in [-0.3, -0.25) is 9.79 Å². The molecule has 2 saturated heterocycles. The summed E-state index contributed by atoms with van der Waals surface area (Å²) >= 11 is 0. The highest BCUT2D eigenvalue weighted by Crippen LogP contribution is 2.28. The van der Waals surface area contributed by atoms with Crippen LogP contribution >= 0.6 is 0 Å². The van der Waals surface area contributed by atoms with E-state index in [2.05, 4.69) is 10.3 Å². The SMILES string of the molecule is [2H]c1cc(C(=O)NC2=NCc3ccc(C([2H])([2H])c4cc(F)cc(F)c4)cc32)c(CC2CC([2H])([2H])OC([2H])([2H])C2)c([2H])c1N1C([2H])([2H])C([2H])([2H])N(C)C([2H])([2H])C1([2H])[2H]. The molecule has 214 valence electrons. The second-order valence-corrected chi connectivity index (χ2v) is 9.64. The van der Waals surface area contributed by atoms with Crippen LogP contribution in [0.3, 0.4) is 0 Å². The van der Waals surface area contributed by atoms with E-state index in [1.165, 1.54) is 18.2 Å². The van der Waals surface area contributed by atoms with Gasteiger partial charge >= 0.3 is 0 Å². The lowest BCUT2D eigenvalue weighted by molar-refractivity contribution is 0.0664. The van der Waals surface area contributed by atoms with Crippen LogP contribution in [-0.4, -0.2) is 62.8 Å². The maximum absolute atomic E-state index is 14.2. The van der Waals surface area contributed by atoms with Crippen LogP contribution in [0, 0.1) is 17.6 Å². The van der Waals surface area contributed by atoms with E-state index in [9.17, 15) is 14.9 Å². The molecule has 41 heavy (non-hydrogen) atoms. The van der Waals surface area contributed by atoms with Crippen molar-refractivity contribution in [3.05, 3.63) is 99.6 Å². The van der Waals surface area contributed by atoms with Gasteiger partial charge in [0.1, 0.15) is 17.5 Å². The summed E-state index contributed by atoms with van der Waals surface area (Å²) in [7, 11) is 0.838. The first kappa shape index (κ1) is 14.5. The van der Waals surface area contributed by atoms with Crippen molar-refractivity contribution in [3.63, 3.8) is 0 Å². The van der Waals surface area contributed by atoms with E-state index in [0.29, 0.717) is 11.6 Å². The van der Waals surface area contributed by atoms with Gasteiger partial charge in [-0.25, -0.2) is 8.78 Å². The molecule has 6 nitrogen and oxygen atoms in total. The topological polar surface area (TPSA) is 57.2 Å². The fourth-order valence-electron chi connectivity index (χ4n) is 4.59. The summed E-state index contributed by atoms with van der Waals surface area (Å²) in [5, 5.41) is 2.56. The first-order chi connectivity index (χ1) is 25.9. The minimum Gasteiger partial charge on any atom is -0.381 e. The number of nitrogens with one attached hydrogen (secondary N) is 1. The zero-order valence-electron chi connectivity index (χ0n) is 37.9. The fraction of sp³-hybridized carbons (Fsp3) is 0.394. The smallest absolute Gasteiger partial charge is 0.257 e. The minimum absolute atomic E-state index is 0.00577. The Kier molecular flexibility index (Phi) is 4.28. The fourth-order valence-corrected chi connectivity index (χ4v) is 4.59. The third kappa shape index (κ3) is 6.49. The average Bonchev–Trinajstić information content (AvgIpc) is 3.46. The molecule has 0 radical (unpaired) electrons. The third-order valence-electron chi connectivity index (χ3n) is 6.61. The van der Waals surface area contributed by atoms with Gasteiger partial charge in [-0.2, -0.15) is 0 Å². The second kappa shape index (κ2) is 12.1. The minimum atomic E-state index is -3.46. The van der Waals surface area contributed by atoms with Crippen molar-refractivity contribution >= 4 is 17.4 Å². The Labute approximate surface area is 262 Å². The number of carbonyl (C=O) groups is 1. The molecule has 0 bridgehead atoms. The van der Waals surface area contributed by atoms with Crippen molar-refractivity contribution < 1.29 is 40.2 Å². The van der Waals surface area contributed by atoms with Gasteiger partial charge in [0.15, 0.2) is 0 Å². The monoisotopic (exact) mass is 574 g/mol. The number of hydrogen-bond donors (Lipinski definition) is 1. The largest absolute Gasteiger partial charge is 0.381 e. The van der Waals surface area contributed by atoms with E-state index < -0.39 is 112 Å². The Bertz CT molecular complexity index is 2120. The number of carbonyl (C=O) groups excluding carboxylic acids is 1. The molecule has 2 fully saturated rings. The molecule has 3 aliphatic rings. The summed E-state index contributed by atoms with van der Waals surface area (Å²) in [5.41, 5.74) is -1.40. The lowest BCUT2D eigenvalue weighted by Gasteiger charge is -2.34. The van der Waals surface area contributed by atoms with Crippen LogP contribution in [-0.2, 0) is 24.1 Å². The predicted molar refractivity (Wildman–Crippen MR) is 157 cm³/mol. The highest BCUT2D eigenvalue weighted by atomic mass is 19.1. The molecule has 1 N–H and O–H groups in total. The van der Waals surface area contributed by atoms with Gasteiger partial charge in [0, 0.05) is 70.2 Å². The lowest BCUT2D eigenvalue weighted by Crippen LogP contribution is -2.44. The number of amides is 1. The molecule has 0 saturated carbocycles. The first-order valence-corrected chi connectivity index (χ1v) is 12.8. The summed E-state index contributed by atoms with van der Waals surface area (Å²) < 4.78 is 170. The number of nitrogens with zero attached hydrogens (tertiary/aromatic N) is 3. The zero-order chi connectivity index (χ0) is 42.6. The molecule has 3 aliphatic heterocycles. The van der Waals surface area contributed by atoms with Crippen LogP contribution in [0.5, 0.6) is 0 Å². The van der Waals surface area contributed by atoms with E-state index >= 15 is 0 Å². The summed E-state index contributed by atoms with van der Waals surface area (Å²) in [6, 6.07) is 5.54. The van der Waals surface area contributed by atoms with Crippen LogP contribution in [0.15, 0.2) is 59.5 Å². The van der Waals surface area contributed by atoms with Crippen molar-refractivity contribution in [2.45, 2.75) is 32.2 Å². The predicted octanol–water partition coefficient (Wildman–Crippen LogP) is 4.97. The Morgan fingerprint density at radius 1 is 1.10 bits per heavy atom. The number of aliphatic imine (C=N–C) groups is 1. The Morgan fingerprint density at radius 3 is 2.61 bits per heavy atom. The van der Waals surface area contributed by atoms with Crippen LogP contribution in [0.1, 0.15) is 72.9 Å². The molecular weight excluding hydrogens is 522 g/mol. The number of likely N-dealkylation sites (N-methyl/N-ethyl adjacent to an activating group) is 1. The zero-order valence-corrected chi connectivity index (χ0v) is 21.9. The van der Waals surface area contributed by atoms with Gasteiger partial charge in [-0.1, -0.05) is 12.1 Å². The number of hydrogen-bond acceptors (Lipinski definition) is 5. The van der Waals surface area contributed by atoms with Crippen molar-refractivity contribution in [1.82, 2.24) is 10.2 Å². The molecule has 8 heteroatoms. The quantitative estimate of drug-likeness (QED) is 0.452. The maximum Gasteiger partial charge on any atom is 0.257 e. The van der Waals surface area contributed by atoms with Gasteiger partial charge < -0.3 is 19.9 Å². The molecule has 0 spiro atoms. The van der Waals surface area contributed by atoms with E-state index in [0.717, 1.165) is 25.2 Å². The number of fused-ring (bicyclic) bond motifs is 1. The molecule has 3 aromatic rings. The number of amidine groups is 1. The van der Waals surface area contributed by atoms with E-state index in [-0.39, 0.29) is 44.4 Å². The molecule has 0 aromatic heterocycles. The van der Waals surface area contributed by atoms with Gasteiger partial charge in [-0.15, -0.1) is 0 Å². The van der Waals surface area contributed by atoms with E-state index in [1.807, 2.05) is 0 Å². The summed E-state index contributed by atoms with van der Waals surface area (Å²) in [6.07, 6.45) is -3.82. The third-order valence-corrected chi connectivity index (χ3v) is 6.61. The summed E-state index contributed by atoms with van der Waals surface area (Å²) in [4.78, 5) is 18.8. The normalized spacial score (nSPS) is 31.3. The van der Waals surface area contributed by atoms with E-state index in [1.54, 1.807) is 0 Å². The van der Waals surface area contributed by atoms with Crippen LogP contribution in [0.4, 0.5) is 14.5 Å². The maximum atomic E-state index is 14.2. The molecule has 1 amide bonds. The Hall–Kier alpha value is -3.62. The van der Waals surface area contributed by atoms with Crippen LogP contribution in [0.25, 0.3) is 0 Å². The van der Waals surface area contributed by atoms with Crippen molar-refractivity contribution in [1.29, 1.82) is 0 Å². The molecule has 0 atom stereocenters. The summed E-state index contributed by atoms with van der Waals surface area (Å²) in [6.45, 7) is -18.5. The number of anilines is 1. The highest BCUT2D eigenvalue weighted by Gasteiger charge is 2.24. The lowest BCUT2D eigenvalue weighted by atomic mass is 9.89. The first-order valence-electron chi connectivity index (χ1n) is 20.8. The molecule has 6 rings (SSSR count). The van der Waals surface area contributed by atoms with Crippen LogP contribution < -0.4 is 10.2 Å². The number of rotatable bonds is 6. The van der Waals surface area contributed by atoms with Crippen molar-refractivity contribution in [2.75, 3.05) is 51.1 Å². The Morgan fingerprint density at radius 2 is 1.85 bits per heavy atom. The number of halogens is 2. The van der Waals surface area contributed by atoms with Gasteiger partial charge in [0.2, 0.25) is 0 Å². The van der Waals surface area contributed by atoms with Gasteiger partial charge in [-0.05, 0) is 97.2 Å². The van der Waals surface area contributed by atoms with Crippen molar-refractivity contribution in [2.24, 2.45) is 10.9 Å².